The molecule has 0 spiro atoms. The van der Waals surface area contributed by atoms with E-state index in [9.17, 15) is 4.79 Å². The van der Waals surface area contributed by atoms with Crippen molar-refractivity contribution >= 4 is 28.2 Å². The summed E-state index contributed by atoms with van der Waals surface area (Å²) in [6.45, 7) is 49.7. The summed E-state index contributed by atoms with van der Waals surface area (Å²) < 4.78 is 5.88. The molecule has 5 saturated heterocycles. The fourth-order valence-corrected chi connectivity index (χ4v) is 19.6. The molecule has 1 amide bonds. The number of likely N-dealkylation sites (N-methyl/N-ethyl adjacent to an activating group) is 2. The summed E-state index contributed by atoms with van der Waals surface area (Å²) in [7, 11) is 4.41. The molecule has 0 radical (unpaired) electrons. The summed E-state index contributed by atoms with van der Waals surface area (Å²) in [6, 6.07) is 45.8. The Hall–Kier alpha value is -5.95. The van der Waals surface area contributed by atoms with Gasteiger partial charge in [0.2, 0.25) is 5.91 Å². The molecule has 10 nitrogen and oxygen atoms in total. The summed E-state index contributed by atoms with van der Waals surface area (Å²) in [5.74, 6) is 1.35. The van der Waals surface area contributed by atoms with Gasteiger partial charge in [-0.3, -0.25) is 29.3 Å². The molecule has 9 heterocycles. The molecular weight excluding hydrogens is 1310 g/mol. The van der Waals surface area contributed by atoms with E-state index in [0.29, 0.717) is 30.2 Å². The second-order valence-corrected chi connectivity index (χ2v) is 37.8. The molecule has 5 aromatic carbocycles. The summed E-state index contributed by atoms with van der Waals surface area (Å²) >= 11 is 0. The summed E-state index contributed by atoms with van der Waals surface area (Å²) in [5.41, 5.74) is 22.1. The summed E-state index contributed by atoms with van der Waals surface area (Å²) in [4.78, 5) is 31.6. The van der Waals surface area contributed by atoms with Crippen molar-refractivity contribution in [2.45, 2.75) is 284 Å². The molecule has 10 aliphatic rings. The quantitative estimate of drug-likeness (QED) is 0.144. The predicted octanol–water partition coefficient (Wildman–Crippen LogP) is 22.1. The molecule has 107 heavy (non-hydrogen) atoms. The van der Waals surface area contributed by atoms with E-state index in [-0.39, 0.29) is 33.6 Å². The van der Waals surface area contributed by atoms with Gasteiger partial charge < -0.3 is 19.4 Å². The topological polar surface area (TPSA) is 52.2 Å². The number of para-hydroxylation sites is 1. The zero-order valence-electron chi connectivity index (χ0n) is 70.3. The van der Waals surface area contributed by atoms with Gasteiger partial charge >= 0.3 is 0 Å². The third-order valence-corrected chi connectivity index (χ3v) is 25.1. The van der Waals surface area contributed by atoms with E-state index in [1.165, 1.54) is 199 Å². The number of fused-ring (bicyclic) bond motifs is 1. The Bertz CT molecular complexity index is 3770. The van der Waals surface area contributed by atoms with Crippen molar-refractivity contribution < 1.29 is 9.53 Å². The molecule has 1 aliphatic carbocycles. The van der Waals surface area contributed by atoms with Gasteiger partial charge in [-0.2, -0.15) is 0 Å². The molecule has 0 saturated carbocycles. The average molecular weight is 1450 g/mol. The van der Waals surface area contributed by atoms with E-state index in [0.717, 1.165) is 45.6 Å². The van der Waals surface area contributed by atoms with Crippen molar-refractivity contribution in [2.24, 2.45) is 0 Å². The zero-order chi connectivity index (χ0) is 76.4. The fraction of sp³-hybridized carbons (Fsp3) is 0.598. The molecule has 582 valence electrons. The molecule has 0 N–H and O–H groups in total. The first-order chi connectivity index (χ1) is 50.9. The zero-order valence-corrected chi connectivity index (χ0v) is 70.3. The highest BCUT2D eigenvalue weighted by molar-refractivity contribution is 5.77. The third-order valence-electron chi connectivity index (χ3n) is 25.1. The van der Waals surface area contributed by atoms with Crippen molar-refractivity contribution in [3.63, 3.8) is 0 Å². The lowest BCUT2D eigenvalue weighted by atomic mass is 9.87. The van der Waals surface area contributed by atoms with Gasteiger partial charge in [0.1, 0.15) is 5.75 Å². The number of carbonyl (C=O) groups excluding carboxylic acids is 1. The van der Waals surface area contributed by atoms with E-state index in [2.05, 4.69) is 292 Å². The smallest absolute Gasteiger partial charge is 0.219 e. The summed E-state index contributed by atoms with van der Waals surface area (Å²) in [6.07, 6.45) is 32.1. The van der Waals surface area contributed by atoms with Gasteiger partial charge in [0.15, 0.2) is 0 Å². The number of likely N-dealkylation sites (tertiary alicyclic amines) is 5. The Morgan fingerprint density at radius 2 is 0.654 bits per heavy atom. The lowest BCUT2D eigenvalue weighted by Gasteiger charge is -2.38. The first-order valence-corrected chi connectivity index (χ1v) is 42.3. The minimum atomic E-state index is 0.174. The van der Waals surface area contributed by atoms with Gasteiger partial charge in [-0.05, 0) is 332 Å². The van der Waals surface area contributed by atoms with Crippen LogP contribution in [-0.4, -0.2) is 165 Å². The number of allylic oxidation sites excluding steroid dienone is 2. The van der Waals surface area contributed by atoms with Gasteiger partial charge in [-0.1, -0.05) is 140 Å². The van der Waals surface area contributed by atoms with Crippen molar-refractivity contribution in [1.82, 2.24) is 39.2 Å². The van der Waals surface area contributed by atoms with Crippen LogP contribution in [0.5, 0.6) is 5.75 Å². The second kappa shape index (κ2) is 36.0. The fourth-order valence-electron chi connectivity index (χ4n) is 19.6. The molecule has 5 aromatic rings. The van der Waals surface area contributed by atoms with Crippen molar-refractivity contribution in [3.05, 3.63) is 195 Å². The SMILES string of the molecule is CC(=O)N1CC=C(c2ccccc2C2CCCN2C(C)(C)C)CC1.CC(C)(C)N1CCCC1c1cccc2c1OCC2.CC(C)(C)N1CCCC1c1ccccc1C1=CCCCC1.CN1CC=C(c2ccccc2C2CCCN2C(C)(C)C)CC1.CN1CC=C(c2ccccc2[C@@H]2CCCN2C(C)(C)C)CC1. The lowest BCUT2D eigenvalue weighted by molar-refractivity contribution is -0.128. The van der Waals surface area contributed by atoms with Crippen LogP contribution in [0.15, 0.2) is 140 Å². The first-order valence-electron chi connectivity index (χ1n) is 42.3. The molecular formula is C97H142N8O2. The van der Waals surface area contributed by atoms with Crippen LogP contribution in [0.2, 0.25) is 0 Å². The van der Waals surface area contributed by atoms with E-state index in [1.54, 1.807) is 40.3 Å². The Morgan fingerprint density at radius 3 is 0.953 bits per heavy atom. The minimum absolute atomic E-state index is 0.174. The number of amides is 1. The number of hydrogen-bond donors (Lipinski definition) is 0. The van der Waals surface area contributed by atoms with Gasteiger partial charge in [0.05, 0.1) is 6.61 Å². The summed E-state index contributed by atoms with van der Waals surface area (Å²) in [5, 5.41) is 0. The average Bonchev–Trinajstić information content (AvgIpc) is 1.73. The lowest BCUT2D eigenvalue weighted by Crippen LogP contribution is -2.40. The third kappa shape index (κ3) is 20.6. The molecule has 5 fully saturated rings. The number of benzene rings is 5. The van der Waals surface area contributed by atoms with Crippen molar-refractivity contribution in [1.29, 1.82) is 0 Å². The molecule has 0 aromatic heterocycles. The van der Waals surface area contributed by atoms with E-state index >= 15 is 0 Å². The monoisotopic (exact) mass is 1450 g/mol. The van der Waals surface area contributed by atoms with Gasteiger partial charge in [-0.25, -0.2) is 0 Å². The van der Waals surface area contributed by atoms with E-state index in [4.69, 9.17) is 4.74 Å². The van der Waals surface area contributed by atoms with Crippen LogP contribution in [0.1, 0.15) is 306 Å². The minimum Gasteiger partial charge on any atom is -0.493 e. The highest BCUT2D eigenvalue weighted by atomic mass is 16.5. The van der Waals surface area contributed by atoms with Crippen LogP contribution >= 0.6 is 0 Å². The molecule has 15 rings (SSSR count). The number of rotatable bonds is 9. The number of carbonyl (C=O) groups is 1. The van der Waals surface area contributed by atoms with Crippen molar-refractivity contribution in [3.8, 4) is 5.75 Å². The second-order valence-electron chi connectivity index (χ2n) is 37.8. The Kier molecular flexibility index (Phi) is 27.6. The maximum absolute atomic E-state index is 11.6. The van der Waals surface area contributed by atoms with Crippen LogP contribution < -0.4 is 4.74 Å². The maximum Gasteiger partial charge on any atom is 0.219 e. The van der Waals surface area contributed by atoms with E-state index < -0.39 is 0 Å². The van der Waals surface area contributed by atoms with Crippen LogP contribution in [0.25, 0.3) is 22.3 Å². The van der Waals surface area contributed by atoms with Crippen molar-refractivity contribution in [2.75, 3.05) is 92.7 Å². The van der Waals surface area contributed by atoms with Crippen LogP contribution in [0.4, 0.5) is 0 Å². The standard InChI is InChI=1S/C21H30N2O.2C20H30N2.C20H29N.C16H23NO/c1-16(24)22-14-11-17(12-15-22)18-8-5-6-9-19(18)20-10-7-13-23(20)21(2,3)4;2*1-20(2,3)22-13-7-10-19(22)18-9-6-5-8-17(18)16-11-14-21(4)15-12-16;1-20(2,3)21-15-9-14-19(21)18-13-8-7-12-17(18)16-10-5-4-6-11-16;1-16(2,3)17-10-5-8-14(17)13-7-4-6-12-9-11-18-15(12)13/h5-6,8-9,11,20H,7,10,12-15H2,1-4H3;2*5-6,8-9,11,19H,7,10,12-15H2,1-4H3;7-8,10,12-13,19H,4-6,9,11,14-15H2,1-3H3;4,6-7,14H,5,8-11H2,1-3H3/t;19-;;;/m.0.../s1. The maximum atomic E-state index is 11.6. The highest BCUT2D eigenvalue weighted by Crippen LogP contribution is 2.48. The van der Waals surface area contributed by atoms with Crippen LogP contribution in [0.3, 0.4) is 0 Å². The molecule has 4 unspecified atom stereocenters. The Morgan fingerprint density at radius 1 is 0.336 bits per heavy atom. The van der Waals surface area contributed by atoms with Gasteiger partial charge in [0, 0.05) is 116 Å². The number of ether oxygens (including phenoxy) is 1. The molecule has 10 heteroatoms. The van der Waals surface area contributed by atoms with E-state index in [1.807, 2.05) is 4.90 Å². The molecule has 9 aliphatic heterocycles. The first kappa shape index (κ1) is 82.0. The Balaban J connectivity index is 0.000000134. The van der Waals surface area contributed by atoms with Crippen LogP contribution in [0, 0.1) is 0 Å². The molecule has 5 atom stereocenters. The normalized spacial score (nSPS) is 23.9. The van der Waals surface area contributed by atoms with Gasteiger partial charge in [0.25, 0.3) is 0 Å². The highest BCUT2D eigenvalue weighted by Gasteiger charge is 2.41. The number of hydrogen-bond acceptors (Lipinski definition) is 9. The largest absolute Gasteiger partial charge is 0.493 e. The van der Waals surface area contributed by atoms with Gasteiger partial charge in [-0.15, -0.1) is 0 Å². The Labute approximate surface area is 651 Å². The molecule has 0 bridgehead atoms. The predicted molar refractivity (Wildman–Crippen MR) is 455 cm³/mol. The number of nitrogens with zero attached hydrogens (tertiary/aromatic N) is 8. The van der Waals surface area contributed by atoms with Crippen LogP contribution in [-0.2, 0) is 11.2 Å².